The van der Waals surface area contributed by atoms with Gasteiger partial charge in [0.15, 0.2) is 0 Å². The standard InChI is InChI=1S/C19H25N5O3/c1-4-27-19(26)14-8-5-6-9-15(14)23-17-12-16(21-13-22-17)18(25)20-10-7-11-24(2)3/h5-6,8-9,12-13H,4,7,10-11H2,1-3H3,(H,20,25)(H,21,22,23). The molecule has 2 rings (SSSR count). The number of amides is 1. The van der Waals surface area contributed by atoms with Crippen LogP contribution in [-0.2, 0) is 4.74 Å². The van der Waals surface area contributed by atoms with Crippen molar-refractivity contribution >= 4 is 23.4 Å². The van der Waals surface area contributed by atoms with Crippen LogP contribution in [0.4, 0.5) is 11.5 Å². The van der Waals surface area contributed by atoms with E-state index in [0.717, 1.165) is 13.0 Å². The van der Waals surface area contributed by atoms with E-state index in [1.54, 1.807) is 37.3 Å². The Kier molecular flexibility index (Phi) is 7.69. The van der Waals surface area contributed by atoms with Gasteiger partial charge in [-0.3, -0.25) is 4.79 Å². The molecule has 1 heterocycles. The van der Waals surface area contributed by atoms with Crippen LogP contribution in [0.5, 0.6) is 0 Å². The van der Waals surface area contributed by atoms with E-state index in [1.807, 2.05) is 14.1 Å². The average molecular weight is 371 g/mol. The van der Waals surface area contributed by atoms with Gasteiger partial charge in [-0.15, -0.1) is 0 Å². The van der Waals surface area contributed by atoms with Gasteiger partial charge in [-0.1, -0.05) is 12.1 Å². The summed E-state index contributed by atoms with van der Waals surface area (Å²) in [5.41, 5.74) is 1.20. The summed E-state index contributed by atoms with van der Waals surface area (Å²) in [7, 11) is 3.97. The Hall–Kier alpha value is -3.00. The monoisotopic (exact) mass is 371 g/mol. The molecule has 1 aromatic heterocycles. The summed E-state index contributed by atoms with van der Waals surface area (Å²) < 4.78 is 5.06. The molecule has 1 aromatic carbocycles. The summed E-state index contributed by atoms with van der Waals surface area (Å²) in [6.45, 7) is 3.50. The van der Waals surface area contributed by atoms with Gasteiger partial charge in [0.2, 0.25) is 0 Å². The highest BCUT2D eigenvalue weighted by molar-refractivity contribution is 5.97. The van der Waals surface area contributed by atoms with Crippen LogP contribution in [0.25, 0.3) is 0 Å². The van der Waals surface area contributed by atoms with E-state index in [1.165, 1.54) is 6.33 Å². The van der Waals surface area contributed by atoms with Crippen molar-refractivity contribution in [3.63, 3.8) is 0 Å². The summed E-state index contributed by atoms with van der Waals surface area (Å²) in [6, 6.07) is 8.51. The number of aromatic nitrogens is 2. The molecule has 8 heteroatoms. The number of benzene rings is 1. The van der Waals surface area contributed by atoms with E-state index < -0.39 is 5.97 Å². The van der Waals surface area contributed by atoms with Gasteiger partial charge in [-0.25, -0.2) is 14.8 Å². The lowest BCUT2D eigenvalue weighted by molar-refractivity contribution is 0.0527. The molecule has 0 fully saturated rings. The normalized spacial score (nSPS) is 10.5. The first-order valence-electron chi connectivity index (χ1n) is 8.79. The predicted molar refractivity (Wildman–Crippen MR) is 103 cm³/mol. The SMILES string of the molecule is CCOC(=O)c1ccccc1Nc1cc(C(=O)NCCCN(C)C)ncn1. The number of nitrogens with zero attached hydrogens (tertiary/aromatic N) is 3. The Labute approximate surface area is 159 Å². The predicted octanol–water partition coefficient (Wildman–Crippen LogP) is 2.08. The van der Waals surface area contributed by atoms with E-state index in [2.05, 4.69) is 25.5 Å². The second-order valence-electron chi connectivity index (χ2n) is 6.09. The molecule has 0 aliphatic rings. The van der Waals surface area contributed by atoms with Gasteiger partial charge in [0.25, 0.3) is 5.91 Å². The number of rotatable bonds is 9. The minimum atomic E-state index is -0.423. The largest absolute Gasteiger partial charge is 0.462 e. The zero-order valence-corrected chi connectivity index (χ0v) is 15.9. The van der Waals surface area contributed by atoms with Crippen LogP contribution < -0.4 is 10.6 Å². The molecule has 0 aliphatic heterocycles. The first-order valence-corrected chi connectivity index (χ1v) is 8.79. The molecule has 2 aromatic rings. The molecule has 8 nitrogen and oxygen atoms in total. The van der Waals surface area contributed by atoms with Gasteiger partial charge in [0.1, 0.15) is 17.8 Å². The molecular weight excluding hydrogens is 346 g/mol. The molecule has 0 unspecified atom stereocenters. The molecule has 0 aliphatic carbocycles. The highest BCUT2D eigenvalue weighted by Crippen LogP contribution is 2.20. The zero-order chi connectivity index (χ0) is 19.6. The molecule has 144 valence electrons. The van der Waals surface area contributed by atoms with E-state index in [-0.39, 0.29) is 11.6 Å². The third-order valence-electron chi connectivity index (χ3n) is 3.65. The maximum absolute atomic E-state index is 12.2. The van der Waals surface area contributed by atoms with E-state index >= 15 is 0 Å². The molecule has 0 bridgehead atoms. The number of anilines is 2. The Balaban J connectivity index is 2.06. The molecular formula is C19H25N5O3. The van der Waals surface area contributed by atoms with Crippen LogP contribution in [0.2, 0.25) is 0 Å². The fourth-order valence-electron chi connectivity index (χ4n) is 2.35. The molecule has 0 radical (unpaired) electrons. The molecule has 0 atom stereocenters. The van der Waals surface area contributed by atoms with Crippen LogP contribution >= 0.6 is 0 Å². The van der Waals surface area contributed by atoms with Crippen LogP contribution in [-0.4, -0.2) is 60.5 Å². The van der Waals surface area contributed by atoms with Crippen molar-refractivity contribution in [1.82, 2.24) is 20.2 Å². The number of para-hydroxylation sites is 1. The number of carbonyl (C=O) groups excluding carboxylic acids is 2. The van der Waals surface area contributed by atoms with Crippen molar-refractivity contribution in [3.05, 3.63) is 47.9 Å². The van der Waals surface area contributed by atoms with Crippen molar-refractivity contribution in [2.45, 2.75) is 13.3 Å². The minimum Gasteiger partial charge on any atom is -0.462 e. The van der Waals surface area contributed by atoms with Gasteiger partial charge in [0, 0.05) is 12.6 Å². The highest BCUT2D eigenvalue weighted by Gasteiger charge is 2.13. The number of hydrogen-bond acceptors (Lipinski definition) is 7. The van der Waals surface area contributed by atoms with Crippen LogP contribution in [0.3, 0.4) is 0 Å². The minimum absolute atomic E-state index is 0.256. The smallest absolute Gasteiger partial charge is 0.340 e. The van der Waals surface area contributed by atoms with Gasteiger partial charge in [-0.2, -0.15) is 0 Å². The maximum atomic E-state index is 12.2. The summed E-state index contributed by atoms with van der Waals surface area (Å²) in [6.07, 6.45) is 2.16. The number of carbonyl (C=O) groups is 2. The summed E-state index contributed by atoms with van der Waals surface area (Å²) in [4.78, 5) is 34.5. The van der Waals surface area contributed by atoms with Gasteiger partial charge >= 0.3 is 5.97 Å². The Morgan fingerprint density at radius 1 is 1.19 bits per heavy atom. The third kappa shape index (κ3) is 6.34. The number of ether oxygens (including phenoxy) is 1. The van der Waals surface area contributed by atoms with E-state index in [9.17, 15) is 9.59 Å². The Morgan fingerprint density at radius 2 is 1.96 bits per heavy atom. The molecule has 27 heavy (non-hydrogen) atoms. The van der Waals surface area contributed by atoms with Crippen molar-refractivity contribution in [2.24, 2.45) is 0 Å². The highest BCUT2D eigenvalue weighted by atomic mass is 16.5. The molecule has 2 N–H and O–H groups in total. The molecule has 0 saturated carbocycles. The van der Waals surface area contributed by atoms with Crippen molar-refractivity contribution in [3.8, 4) is 0 Å². The lowest BCUT2D eigenvalue weighted by atomic mass is 10.2. The number of hydrogen-bond donors (Lipinski definition) is 2. The fourth-order valence-corrected chi connectivity index (χ4v) is 2.35. The van der Waals surface area contributed by atoms with Crippen LogP contribution in [0.1, 0.15) is 34.2 Å². The second-order valence-corrected chi connectivity index (χ2v) is 6.09. The lowest BCUT2D eigenvalue weighted by Crippen LogP contribution is -2.27. The third-order valence-corrected chi connectivity index (χ3v) is 3.65. The van der Waals surface area contributed by atoms with Crippen molar-refractivity contribution in [2.75, 3.05) is 39.1 Å². The molecule has 1 amide bonds. The average Bonchev–Trinajstić information content (AvgIpc) is 2.66. The second kappa shape index (κ2) is 10.2. The van der Waals surface area contributed by atoms with Crippen molar-refractivity contribution in [1.29, 1.82) is 0 Å². The summed E-state index contributed by atoms with van der Waals surface area (Å²) >= 11 is 0. The lowest BCUT2D eigenvalue weighted by Gasteiger charge is -2.12. The molecule has 0 saturated heterocycles. The maximum Gasteiger partial charge on any atom is 0.340 e. The zero-order valence-electron chi connectivity index (χ0n) is 15.9. The van der Waals surface area contributed by atoms with E-state index in [4.69, 9.17) is 4.74 Å². The van der Waals surface area contributed by atoms with Gasteiger partial charge < -0.3 is 20.3 Å². The molecule has 0 spiro atoms. The first-order chi connectivity index (χ1) is 13.0. The Morgan fingerprint density at radius 3 is 2.70 bits per heavy atom. The summed E-state index contributed by atoms with van der Waals surface area (Å²) in [5.74, 6) is -0.272. The topological polar surface area (TPSA) is 96.4 Å². The van der Waals surface area contributed by atoms with Gasteiger partial charge in [0.05, 0.1) is 17.9 Å². The van der Waals surface area contributed by atoms with Gasteiger partial charge in [-0.05, 0) is 46.1 Å². The van der Waals surface area contributed by atoms with Crippen LogP contribution in [0.15, 0.2) is 36.7 Å². The van der Waals surface area contributed by atoms with Crippen molar-refractivity contribution < 1.29 is 14.3 Å². The number of nitrogens with one attached hydrogen (secondary N) is 2. The Bertz CT molecular complexity index is 779. The van der Waals surface area contributed by atoms with Crippen LogP contribution in [0, 0.1) is 0 Å². The fraction of sp³-hybridized carbons (Fsp3) is 0.368. The van der Waals surface area contributed by atoms with E-state index in [0.29, 0.717) is 30.2 Å². The number of esters is 1. The summed E-state index contributed by atoms with van der Waals surface area (Å²) in [5, 5.41) is 5.88. The first kappa shape index (κ1) is 20.3. The quantitative estimate of drug-likeness (QED) is 0.514.